The fourth-order valence-electron chi connectivity index (χ4n) is 3.43. The van der Waals surface area contributed by atoms with Crippen molar-refractivity contribution in [2.45, 2.75) is 25.2 Å². The average molecular weight is 375 g/mol. The third kappa shape index (κ3) is 3.57. The molecule has 6 heteroatoms. The van der Waals surface area contributed by atoms with Gasteiger partial charge in [-0.3, -0.25) is 0 Å². The minimum Gasteiger partial charge on any atom is -0.496 e. The van der Waals surface area contributed by atoms with Crippen LogP contribution in [0.5, 0.6) is 5.75 Å². The van der Waals surface area contributed by atoms with E-state index >= 15 is 0 Å². The smallest absolute Gasteiger partial charge is 0.243 e. The van der Waals surface area contributed by atoms with Gasteiger partial charge in [-0.05, 0) is 48.7 Å². The third-order valence-electron chi connectivity index (χ3n) is 4.97. The number of anilines is 1. The summed E-state index contributed by atoms with van der Waals surface area (Å²) in [5, 5.41) is 0. The number of benzene rings is 2. The molecule has 1 aliphatic rings. The van der Waals surface area contributed by atoms with E-state index in [2.05, 4.69) is 24.0 Å². The van der Waals surface area contributed by atoms with Gasteiger partial charge in [0, 0.05) is 31.9 Å². The predicted molar refractivity (Wildman–Crippen MR) is 105 cm³/mol. The number of hydrogen-bond donors (Lipinski definition) is 0. The van der Waals surface area contributed by atoms with E-state index in [4.69, 9.17) is 4.74 Å². The van der Waals surface area contributed by atoms with Crippen molar-refractivity contribution >= 4 is 15.7 Å². The van der Waals surface area contributed by atoms with Crippen LogP contribution in [0.1, 0.15) is 18.1 Å². The Morgan fingerprint density at radius 2 is 1.73 bits per heavy atom. The zero-order valence-corrected chi connectivity index (χ0v) is 16.4. The molecule has 0 aliphatic carbocycles. The Labute approximate surface area is 156 Å². The lowest BCUT2D eigenvalue weighted by Crippen LogP contribution is -2.48. The van der Waals surface area contributed by atoms with Gasteiger partial charge in [0.2, 0.25) is 10.0 Å². The first kappa shape index (κ1) is 18.7. The maximum atomic E-state index is 13.0. The number of aryl methyl sites for hydroxylation is 2. The molecule has 2 aromatic carbocycles. The number of hydrogen-bond acceptors (Lipinski definition) is 4. The molecular formula is C20H26N2O3S. The summed E-state index contributed by atoms with van der Waals surface area (Å²) in [5.41, 5.74) is 3.31. The predicted octanol–water partition coefficient (Wildman–Crippen LogP) is 3.08. The Bertz CT molecular complexity index is 872. The summed E-state index contributed by atoms with van der Waals surface area (Å²) in [4.78, 5) is 2.60. The molecule has 140 valence electrons. The molecule has 0 spiro atoms. The minimum absolute atomic E-state index is 0.347. The first-order valence-electron chi connectivity index (χ1n) is 8.95. The highest BCUT2D eigenvalue weighted by molar-refractivity contribution is 7.89. The second kappa shape index (κ2) is 7.68. The molecule has 3 rings (SSSR count). The number of piperazine rings is 1. The lowest BCUT2D eigenvalue weighted by Gasteiger charge is -2.36. The first-order chi connectivity index (χ1) is 12.5. The van der Waals surface area contributed by atoms with Crippen molar-refractivity contribution in [2.75, 3.05) is 38.2 Å². The summed E-state index contributed by atoms with van der Waals surface area (Å²) in [6, 6.07) is 13.3. The molecule has 5 nitrogen and oxygen atoms in total. The Balaban J connectivity index is 1.77. The van der Waals surface area contributed by atoms with Gasteiger partial charge in [0.05, 0.1) is 12.0 Å². The number of sulfonamides is 1. The Kier molecular flexibility index (Phi) is 5.53. The molecule has 1 saturated heterocycles. The second-order valence-corrected chi connectivity index (χ2v) is 8.44. The molecule has 0 radical (unpaired) electrons. The van der Waals surface area contributed by atoms with Gasteiger partial charge in [-0.1, -0.05) is 25.1 Å². The van der Waals surface area contributed by atoms with Crippen LogP contribution in [0.15, 0.2) is 47.4 Å². The number of ether oxygens (including phenoxy) is 1. The Morgan fingerprint density at radius 1 is 1.04 bits per heavy atom. The van der Waals surface area contributed by atoms with Crippen molar-refractivity contribution in [3.63, 3.8) is 0 Å². The van der Waals surface area contributed by atoms with Crippen molar-refractivity contribution in [2.24, 2.45) is 0 Å². The monoisotopic (exact) mass is 374 g/mol. The summed E-state index contributed by atoms with van der Waals surface area (Å²) in [6.45, 7) is 6.45. The van der Waals surface area contributed by atoms with Crippen molar-refractivity contribution in [1.82, 2.24) is 4.31 Å². The minimum atomic E-state index is -3.48. The summed E-state index contributed by atoms with van der Waals surface area (Å²) >= 11 is 0. The van der Waals surface area contributed by atoms with Crippen LogP contribution in [0.4, 0.5) is 5.69 Å². The van der Waals surface area contributed by atoms with E-state index in [0.717, 1.165) is 17.7 Å². The molecule has 0 amide bonds. The maximum Gasteiger partial charge on any atom is 0.243 e. The van der Waals surface area contributed by atoms with Crippen LogP contribution in [-0.4, -0.2) is 46.0 Å². The summed E-state index contributed by atoms with van der Waals surface area (Å²) in [5.74, 6) is 0.732. The zero-order chi connectivity index (χ0) is 18.7. The fourth-order valence-corrected chi connectivity index (χ4v) is 4.90. The van der Waals surface area contributed by atoms with E-state index in [0.29, 0.717) is 31.1 Å². The molecule has 1 fully saturated rings. The Morgan fingerprint density at radius 3 is 2.35 bits per heavy atom. The maximum absolute atomic E-state index is 13.0. The van der Waals surface area contributed by atoms with Crippen LogP contribution in [0.3, 0.4) is 0 Å². The highest BCUT2D eigenvalue weighted by atomic mass is 32.2. The highest BCUT2D eigenvalue weighted by Crippen LogP contribution is 2.27. The SMILES string of the molecule is CCc1cc(S(=O)(=O)N2CCN(c3ccccc3C)CC2)ccc1OC. The van der Waals surface area contributed by atoms with Crippen molar-refractivity contribution in [1.29, 1.82) is 0 Å². The Hall–Kier alpha value is -2.05. The van der Waals surface area contributed by atoms with Crippen molar-refractivity contribution in [3.8, 4) is 5.75 Å². The van der Waals surface area contributed by atoms with Gasteiger partial charge in [-0.15, -0.1) is 0 Å². The number of para-hydroxylation sites is 1. The van der Waals surface area contributed by atoms with Gasteiger partial charge in [-0.2, -0.15) is 4.31 Å². The molecule has 2 aromatic rings. The van der Waals surface area contributed by atoms with Gasteiger partial charge < -0.3 is 9.64 Å². The molecule has 0 bridgehead atoms. The summed E-state index contributed by atoms with van der Waals surface area (Å²) < 4.78 is 33.0. The molecule has 26 heavy (non-hydrogen) atoms. The van der Waals surface area contributed by atoms with E-state index in [1.54, 1.807) is 29.6 Å². The number of rotatable bonds is 5. The van der Waals surface area contributed by atoms with Crippen LogP contribution >= 0.6 is 0 Å². The number of nitrogens with zero attached hydrogens (tertiary/aromatic N) is 2. The van der Waals surface area contributed by atoms with Crippen molar-refractivity contribution < 1.29 is 13.2 Å². The van der Waals surface area contributed by atoms with Gasteiger partial charge in [0.1, 0.15) is 5.75 Å². The van der Waals surface area contributed by atoms with Crippen LogP contribution in [-0.2, 0) is 16.4 Å². The lowest BCUT2D eigenvalue weighted by atomic mass is 10.1. The van der Waals surface area contributed by atoms with E-state index in [-0.39, 0.29) is 0 Å². The standard InChI is InChI=1S/C20H26N2O3S/c1-4-17-15-18(9-10-20(17)25-3)26(23,24)22-13-11-21(12-14-22)19-8-6-5-7-16(19)2/h5-10,15H,4,11-14H2,1-3H3. The number of methoxy groups -OCH3 is 1. The second-order valence-electron chi connectivity index (χ2n) is 6.50. The molecule has 0 atom stereocenters. The highest BCUT2D eigenvalue weighted by Gasteiger charge is 2.29. The van der Waals surface area contributed by atoms with Crippen LogP contribution < -0.4 is 9.64 Å². The molecule has 1 heterocycles. The summed E-state index contributed by atoms with van der Waals surface area (Å²) in [7, 11) is -1.88. The van der Waals surface area contributed by atoms with E-state index in [1.165, 1.54) is 11.3 Å². The van der Waals surface area contributed by atoms with E-state index in [9.17, 15) is 8.42 Å². The van der Waals surface area contributed by atoms with Crippen molar-refractivity contribution in [3.05, 3.63) is 53.6 Å². The van der Waals surface area contributed by atoms with E-state index in [1.807, 2.05) is 19.1 Å². The van der Waals surface area contributed by atoms with Gasteiger partial charge in [-0.25, -0.2) is 8.42 Å². The molecular weight excluding hydrogens is 348 g/mol. The zero-order valence-electron chi connectivity index (χ0n) is 15.6. The topological polar surface area (TPSA) is 49.9 Å². The van der Waals surface area contributed by atoms with Gasteiger partial charge >= 0.3 is 0 Å². The summed E-state index contributed by atoms with van der Waals surface area (Å²) in [6.07, 6.45) is 0.730. The normalized spacial score (nSPS) is 15.9. The third-order valence-corrected chi connectivity index (χ3v) is 6.86. The molecule has 0 saturated carbocycles. The first-order valence-corrected chi connectivity index (χ1v) is 10.4. The average Bonchev–Trinajstić information content (AvgIpc) is 2.68. The molecule has 0 N–H and O–H groups in total. The quantitative estimate of drug-likeness (QED) is 0.807. The van der Waals surface area contributed by atoms with Crippen LogP contribution in [0.25, 0.3) is 0 Å². The van der Waals surface area contributed by atoms with E-state index < -0.39 is 10.0 Å². The fraction of sp³-hybridized carbons (Fsp3) is 0.400. The molecule has 0 unspecified atom stereocenters. The molecule has 1 aliphatic heterocycles. The van der Waals surface area contributed by atoms with Crippen LogP contribution in [0.2, 0.25) is 0 Å². The van der Waals surface area contributed by atoms with Gasteiger partial charge in [0.25, 0.3) is 0 Å². The van der Waals surface area contributed by atoms with Crippen LogP contribution in [0, 0.1) is 6.92 Å². The lowest BCUT2D eigenvalue weighted by molar-refractivity contribution is 0.384. The molecule has 0 aromatic heterocycles. The van der Waals surface area contributed by atoms with Gasteiger partial charge in [0.15, 0.2) is 0 Å². The largest absolute Gasteiger partial charge is 0.496 e.